The number of hydrogen-bond donors (Lipinski definition) is 2. The molecule has 0 radical (unpaired) electrons. The number of benzene rings is 2. The summed E-state index contributed by atoms with van der Waals surface area (Å²) >= 11 is 5.85. The molecular formula is C17H16ClN5O3. The Kier molecular flexibility index (Phi) is 5.45. The van der Waals surface area contributed by atoms with E-state index in [2.05, 4.69) is 15.4 Å². The molecule has 9 heteroatoms. The van der Waals surface area contributed by atoms with Gasteiger partial charge in [0.05, 0.1) is 13.0 Å². The summed E-state index contributed by atoms with van der Waals surface area (Å²) in [6, 6.07) is 13.7. The van der Waals surface area contributed by atoms with E-state index in [1.165, 1.54) is 4.80 Å². The fourth-order valence-electron chi connectivity index (χ4n) is 2.25. The van der Waals surface area contributed by atoms with Gasteiger partial charge in [0.1, 0.15) is 11.5 Å². The van der Waals surface area contributed by atoms with Crippen LogP contribution < -0.4 is 10.5 Å². The molecule has 3 rings (SSSR count). The Morgan fingerprint density at radius 2 is 1.77 bits per heavy atom. The Morgan fingerprint density at radius 3 is 2.38 bits per heavy atom. The van der Waals surface area contributed by atoms with E-state index in [4.69, 9.17) is 27.2 Å². The van der Waals surface area contributed by atoms with Crippen molar-refractivity contribution in [3.63, 3.8) is 0 Å². The molecule has 134 valence electrons. The normalized spacial score (nSPS) is 11.9. The average molecular weight is 374 g/mol. The molecule has 0 amide bonds. The minimum absolute atomic E-state index is 0.159. The van der Waals surface area contributed by atoms with Crippen molar-refractivity contribution in [1.82, 2.24) is 20.2 Å². The van der Waals surface area contributed by atoms with Crippen molar-refractivity contribution >= 4 is 17.6 Å². The zero-order chi connectivity index (χ0) is 18.5. The highest BCUT2D eigenvalue weighted by Crippen LogP contribution is 2.25. The predicted octanol–water partition coefficient (Wildman–Crippen LogP) is 2.59. The molecule has 0 bridgehead atoms. The molecule has 0 aliphatic carbocycles. The number of halogens is 1. The Hall–Kier alpha value is -2.97. The second kappa shape index (κ2) is 7.94. The minimum Gasteiger partial charge on any atom is -0.481 e. The molecule has 0 saturated heterocycles. The van der Waals surface area contributed by atoms with Gasteiger partial charge in [-0.3, -0.25) is 4.79 Å². The van der Waals surface area contributed by atoms with Gasteiger partial charge in [0.15, 0.2) is 0 Å². The maximum absolute atomic E-state index is 10.6. The van der Waals surface area contributed by atoms with Crippen molar-refractivity contribution in [2.45, 2.75) is 19.0 Å². The first-order valence-corrected chi connectivity index (χ1v) is 8.16. The monoisotopic (exact) mass is 373 g/mol. The van der Waals surface area contributed by atoms with Gasteiger partial charge in [0.2, 0.25) is 5.82 Å². The van der Waals surface area contributed by atoms with Gasteiger partial charge in [-0.2, -0.15) is 4.80 Å². The van der Waals surface area contributed by atoms with E-state index < -0.39 is 12.0 Å². The van der Waals surface area contributed by atoms with Gasteiger partial charge in [0.25, 0.3) is 0 Å². The third-order valence-electron chi connectivity index (χ3n) is 3.45. The molecule has 26 heavy (non-hydrogen) atoms. The zero-order valence-corrected chi connectivity index (χ0v) is 14.4. The predicted molar refractivity (Wildman–Crippen MR) is 95.0 cm³/mol. The number of aromatic nitrogens is 4. The minimum atomic E-state index is -0.964. The third kappa shape index (κ3) is 4.78. The third-order valence-corrected chi connectivity index (χ3v) is 3.70. The van der Waals surface area contributed by atoms with Crippen molar-refractivity contribution in [3.05, 3.63) is 53.6 Å². The molecule has 0 spiro atoms. The van der Waals surface area contributed by atoms with Gasteiger partial charge < -0.3 is 15.6 Å². The van der Waals surface area contributed by atoms with Crippen LogP contribution in [0.1, 0.15) is 6.42 Å². The van der Waals surface area contributed by atoms with Gasteiger partial charge in [0, 0.05) is 16.6 Å². The molecule has 0 fully saturated rings. The molecule has 1 atom stereocenters. The lowest BCUT2D eigenvalue weighted by Gasteiger charge is -2.06. The van der Waals surface area contributed by atoms with Gasteiger partial charge >= 0.3 is 5.97 Å². The maximum Gasteiger partial charge on any atom is 0.304 e. The largest absolute Gasteiger partial charge is 0.481 e. The Bertz CT molecular complexity index is 880. The van der Waals surface area contributed by atoms with Crippen LogP contribution in [0.5, 0.6) is 11.5 Å². The van der Waals surface area contributed by atoms with Crippen LogP contribution in [0.2, 0.25) is 5.02 Å². The fraction of sp³-hybridized carbons (Fsp3) is 0.176. The first kappa shape index (κ1) is 17.8. The molecule has 3 N–H and O–H groups in total. The standard InChI is InChI=1S/C17H16ClN5O3/c18-12-3-7-15(8-4-12)26-14-5-1-11(2-6-14)17-20-22-23(21-17)10-13(19)9-16(24)25/h1-8,13H,9-10,19H2,(H,24,25)/t13-/m0/s1. The lowest BCUT2D eigenvalue weighted by Crippen LogP contribution is -2.30. The second-order valence-electron chi connectivity index (χ2n) is 5.61. The Balaban J connectivity index is 1.65. The number of aliphatic carboxylic acids is 1. The lowest BCUT2D eigenvalue weighted by atomic mass is 10.2. The van der Waals surface area contributed by atoms with E-state index in [0.717, 1.165) is 5.56 Å². The molecule has 0 aliphatic rings. The van der Waals surface area contributed by atoms with Crippen LogP contribution in [0, 0.1) is 0 Å². The smallest absolute Gasteiger partial charge is 0.304 e. The molecule has 3 aromatic rings. The molecule has 1 aromatic heterocycles. The van der Waals surface area contributed by atoms with Crippen molar-refractivity contribution in [1.29, 1.82) is 0 Å². The first-order valence-electron chi connectivity index (χ1n) is 7.78. The van der Waals surface area contributed by atoms with Crippen LogP contribution in [0.25, 0.3) is 11.4 Å². The SMILES string of the molecule is N[C@@H](CC(=O)O)Cn1nnc(-c2ccc(Oc3ccc(Cl)cc3)cc2)n1. The van der Waals surface area contributed by atoms with E-state index in [9.17, 15) is 4.79 Å². The van der Waals surface area contributed by atoms with E-state index >= 15 is 0 Å². The molecular weight excluding hydrogens is 358 g/mol. The summed E-state index contributed by atoms with van der Waals surface area (Å²) in [5.74, 6) is 0.797. The highest BCUT2D eigenvalue weighted by Gasteiger charge is 2.12. The number of carboxylic acid groups (broad SMARTS) is 1. The van der Waals surface area contributed by atoms with Crippen molar-refractivity contribution in [2.75, 3.05) is 0 Å². The number of rotatable bonds is 7. The summed E-state index contributed by atoms with van der Waals surface area (Å²) in [5.41, 5.74) is 6.48. The molecule has 1 heterocycles. The number of nitrogens with two attached hydrogens (primary N) is 1. The molecule has 0 saturated carbocycles. The summed E-state index contributed by atoms with van der Waals surface area (Å²) in [6.07, 6.45) is -0.159. The van der Waals surface area contributed by atoms with E-state index in [0.29, 0.717) is 22.3 Å². The van der Waals surface area contributed by atoms with Crippen molar-refractivity contribution < 1.29 is 14.6 Å². The quantitative estimate of drug-likeness (QED) is 0.653. The summed E-state index contributed by atoms with van der Waals surface area (Å²) < 4.78 is 5.73. The van der Waals surface area contributed by atoms with Crippen LogP contribution in [-0.4, -0.2) is 37.3 Å². The summed E-state index contributed by atoms with van der Waals surface area (Å²) in [5, 5.41) is 21.4. The summed E-state index contributed by atoms with van der Waals surface area (Å²) in [4.78, 5) is 11.9. The summed E-state index contributed by atoms with van der Waals surface area (Å²) in [7, 11) is 0. The Labute approximate surface area is 154 Å². The first-order chi connectivity index (χ1) is 12.5. The average Bonchev–Trinajstić information content (AvgIpc) is 3.05. The van der Waals surface area contributed by atoms with Crippen molar-refractivity contribution in [2.24, 2.45) is 5.73 Å². The van der Waals surface area contributed by atoms with Crippen LogP contribution in [0.3, 0.4) is 0 Å². The number of hydrogen-bond acceptors (Lipinski definition) is 6. The van der Waals surface area contributed by atoms with E-state index in [1.54, 1.807) is 36.4 Å². The van der Waals surface area contributed by atoms with Crippen LogP contribution >= 0.6 is 11.6 Å². The highest BCUT2D eigenvalue weighted by molar-refractivity contribution is 6.30. The lowest BCUT2D eigenvalue weighted by molar-refractivity contribution is -0.137. The highest BCUT2D eigenvalue weighted by atomic mass is 35.5. The molecule has 2 aromatic carbocycles. The van der Waals surface area contributed by atoms with Gasteiger partial charge in [-0.1, -0.05) is 11.6 Å². The van der Waals surface area contributed by atoms with Gasteiger partial charge in [-0.15, -0.1) is 10.2 Å². The number of carbonyl (C=O) groups is 1. The number of nitrogens with zero attached hydrogens (tertiary/aromatic N) is 4. The number of ether oxygens (including phenoxy) is 1. The number of carboxylic acids is 1. The maximum atomic E-state index is 10.6. The van der Waals surface area contributed by atoms with Crippen LogP contribution in [0.15, 0.2) is 48.5 Å². The molecule has 0 unspecified atom stereocenters. The fourth-order valence-corrected chi connectivity index (χ4v) is 2.37. The summed E-state index contributed by atoms with van der Waals surface area (Å²) in [6.45, 7) is 0.178. The zero-order valence-electron chi connectivity index (χ0n) is 13.6. The topological polar surface area (TPSA) is 116 Å². The van der Waals surface area contributed by atoms with Crippen LogP contribution in [-0.2, 0) is 11.3 Å². The van der Waals surface area contributed by atoms with Gasteiger partial charge in [-0.05, 0) is 53.7 Å². The van der Waals surface area contributed by atoms with Crippen molar-refractivity contribution in [3.8, 4) is 22.9 Å². The van der Waals surface area contributed by atoms with Gasteiger partial charge in [-0.25, -0.2) is 0 Å². The van der Waals surface area contributed by atoms with E-state index in [-0.39, 0.29) is 13.0 Å². The van der Waals surface area contributed by atoms with Crippen LogP contribution in [0.4, 0.5) is 0 Å². The second-order valence-corrected chi connectivity index (χ2v) is 6.04. The Morgan fingerprint density at radius 1 is 1.15 bits per heavy atom. The molecule has 8 nitrogen and oxygen atoms in total. The van der Waals surface area contributed by atoms with E-state index in [1.807, 2.05) is 12.1 Å². The number of tetrazole rings is 1. The molecule has 0 aliphatic heterocycles.